The molecule has 2 fully saturated rings. The molecular weight excluding hydrogens is 502 g/mol. The van der Waals surface area contributed by atoms with Crippen LogP contribution in [0.5, 0.6) is 0 Å². The summed E-state index contributed by atoms with van der Waals surface area (Å²) in [5.74, 6) is -0.773. The van der Waals surface area contributed by atoms with Crippen LogP contribution in [0.4, 0.5) is 23.5 Å². The van der Waals surface area contributed by atoms with E-state index in [1.165, 1.54) is 0 Å². The highest BCUT2D eigenvalue weighted by atomic mass is 19.4. The van der Waals surface area contributed by atoms with Crippen molar-refractivity contribution in [3.63, 3.8) is 0 Å². The summed E-state index contributed by atoms with van der Waals surface area (Å²) in [5.41, 5.74) is 1.54. The molecule has 0 bridgehead atoms. The van der Waals surface area contributed by atoms with Gasteiger partial charge in [-0.3, -0.25) is 4.68 Å². The molecular formula is C26H25F4N7O. The molecule has 198 valence electrons. The Morgan fingerprint density at radius 3 is 2.47 bits per heavy atom. The molecule has 8 nitrogen and oxygen atoms in total. The fourth-order valence-corrected chi connectivity index (χ4v) is 4.67. The van der Waals surface area contributed by atoms with Gasteiger partial charge in [-0.1, -0.05) is 0 Å². The fraction of sp³-hybridized carbons (Fsp3) is 0.423. The maximum absolute atomic E-state index is 15.1. The summed E-state index contributed by atoms with van der Waals surface area (Å²) < 4.78 is 62.8. The minimum Gasteiger partial charge on any atom is -0.367 e. The molecule has 2 atom stereocenters. The lowest BCUT2D eigenvalue weighted by atomic mass is 10.1. The monoisotopic (exact) mass is 527 g/mol. The number of alkyl halides is 3. The molecule has 0 N–H and O–H groups in total. The van der Waals surface area contributed by atoms with Gasteiger partial charge in [0, 0.05) is 23.9 Å². The Bertz CT molecular complexity index is 1530. The van der Waals surface area contributed by atoms with Crippen LogP contribution >= 0.6 is 0 Å². The third-order valence-electron chi connectivity index (χ3n) is 6.94. The first-order valence-electron chi connectivity index (χ1n) is 12.4. The highest BCUT2D eigenvalue weighted by Gasteiger charge is 2.33. The summed E-state index contributed by atoms with van der Waals surface area (Å²) in [5, 5.41) is 4.47. The second-order valence-corrected chi connectivity index (χ2v) is 9.96. The molecule has 12 heteroatoms. The van der Waals surface area contributed by atoms with Gasteiger partial charge >= 0.3 is 6.18 Å². The second kappa shape index (κ2) is 8.97. The first-order chi connectivity index (χ1) is 18.1. The van der Waals surface area contributed by atoms with Crippen molar-refractivity contribution in [3.8, 4) is 11.3 Å². The molecule has 3 aromatic heterocycles. The molecule has 0 radical (unpaired) electrons. The topological polar surface area (TPSA) is 81.9 Å². The van der Waals surface area contributed by atoms with E-state index in [0.717, 1.165) is 30.5 Å². The standard InChI is InChI=1S/C26H25F4N7O/c1-13-10-36(12-21(38-13)16-9-31-37(11-16)18-5-6-18)25-34-22(23-24(35-25)33-15(3)14(2)32-23)19-7-4-17(8-20(19)27)26(28,29)30/h4,7-9,11,13,18,21H,5-6,10,12H2,1-3H3/t13-,21-/m0/s1. The van der Waals surface area contributed by atoms with Crippen molar-refractivity contribution in [2.24, 2.45) is 0 Å². The highest BCUT2D eigenvalue weighted by molar-refractivity contribution is 5.88. The predicted molar refractivity (Wildman–Crippen MR) is 131 cm³/mol. The van der Waals surface area contributed by atoms with Gasteiger partial charge in [-0.05, 0) is 51.8 Å². The zero-order valence-corrected chi connectivity index (χ0v) is 21.0. The van der Waals surface area contributed by atoms with Gasteiger partial charge in [0.05, 0.1) is 41.8 Å². The number of morpholine rings is 1. The molecule has 1 aliphatic heterocycles. The number of hydrogen-bond donors (Lipinski definition) is 0. The predicted octanol–water partition coefficient (Wildman–Crippen LogP) is 5.36. The number of ether oxygens (including phenoxy) is 1. The van der Waals surface area contributed by atoms with E-state index >= 15 is 4.39 Å². The normalized spacial score (nSPS) is 20.3. The van der Waals surface area contributed by atoms with Crippen LogP contribution < -0.4 is 4.90 Å². The van der Waals surface area contributed by atoms with Gasteiger partial charge in [0.25, 0.3) is 0 Å². The first-order valence-corrected chi connectivity index (χ1v) is 12.4. The van der Waals surface area contributed by atoms with E-state index in [1.807, 2.05) is 22.7 Å². The number of rotatable bonds is 4. The van der Waals surface area contributed by atoms with Crippen LogP contribution in [0.2, 0.25) is 0 Å². The average molecular weight is 528 g/mol. The van der Waals surface area contributed by atoms with Crippen LogP contribution in [-0.2, 0) is 10.9 Å². The van der Waals surface area contributed by atoms with Crippen LogP contribution in [-0.4, -0.2) is 48.9 Å². The van der Waals surface area contributed by atoms with Crippen molar-refractivity contribution < 1.29 is 22.3 Å². The van der Waals surface area contributed by atoms with Crippen LogP contribution in [0.25, 0.3) is 22.4 Å². The van der Waals surface area contributed by atoms with E-state index in [-0.39, 0.29) is 40.6 Å². The maximum Gasteiger partial charge on any atom is 0.416 e. The molecule has 1 aromatic carbocycles. The van der Waals surface area contributed by atoms with Gasteiger partial charge in [0.15, 0.2) is 5.65 Å². The van der Waals surface area contributed by atoms with Gasteiger partial charge in [-0.25, -0.2) is 19.3 Å². The Kier molecular flexibility index (Phi) is 5.82. The minimum atomic E-state index is -4.67. The quantitative estimate of drug-likeness (QED) is 0.331. The number of anilines is 1. The number of halogens is 4. The van der Waals surface area contributed by atoms with E-state index in [0.29, 0.717) is 36.6 Å². The van der Waals surface area contributed by atoms with Gasteiger partial charge in [0.1, 0.15) is 23.1 Å². The summed E-state index contributed by atoms with van der Waals surface area (Å²) in [6.45, 7) is 6.35. The third-order valence-corrected chi connectivity index (χ3v) is 6.94. The lowest BCUT2D eigenvalue weighted by molar-refractivity contribution is -0.137. The van der Waals surface area contributed by atoms with Crippen LogP contribution in [0.3, 0.4) is 0 Å². The highest BCUT2D eigenvalue weighted by Crippen LogP contribution is 2.37. The zero-order chi connectivity index (χ0) is 26.8. The molecule has 6 rings (SSSR count). The third kappa shape index (κ3) is 4.57. The molecule has 1 saturated heterocycles. The summed E-state index contributed by atoms with van der Waals surface area (Å²) in [7, 11) is 0. The van der Waals surface area contributed by atoms with Crippen molar-refractivity contribution in [3.05, 3.63) is 58.9 Å². The summed E-state index contributed by atoms with van der Waals surface area (Å²) in [6.07, 6.45) is 0.906. The first kappa shape index (κ1) is 24.7. The van der Waals surface area contributed by atoms with Crippen LogP contribution in [0.15, 0.2) is 30.6 Å². The van der Waals surface area contributed by atoms with Gasteiger partial charge in [-0.15, -0.1) is 0 Å². The second-order valence-electron chi connectivity index (χ2n) is 9.96. The Balaban J connectivity index is 1.43. The lowest BCUT2D eigenvalue weighted by Gasteiger charge is -2.36. The van der Waals surface area contributed by atoms with Crippen molar-refractivity contribution in [1.29, 1.82) is 0 Å². The largest absolute Gasteiger partial charge is 0.416 e. The number of benzene rings is 1. The van der Waals surface area contributed by atoms with Gasteiger partial charge in [-0.2, -0.15) is 23.3 Å². The van der Waals surface area contributed by atoms with E-state index in [4.69, 9.17) is 4.74 Å². The van der Waals surface area contributed by atoms with Crippen molar-refractivity contribution in [2.75, 3.05) is 18.0 Å². The average Bonchev–Trinajstić information content (AvgIpc) is 3.59. The number of aryl methyl sites for hydroxylation is 2. The molecule has 1 aliphatic carbocycles. The van der Waals surface area contributed by atoms with E-state index in [1.54, 1.807) is 20.0 Å². The number of hydrogen-bond acceptors (Lipinski definition) is 7. The van der Waals surface area contributed by atoms with Crippen molar-refractivity contribution in [1.82, 2.24) is 29.7 Å². The number of nitrogens with zero attached hydrogens (tertiary/aromatic N) is 7. The summed E-state index contributed by atoms with van der Waals surface area (Å²) in [6, 6.07) is 2.83. The van der Waals surface area contributed by atoms with Crippen molar-refractivity contribution in [2.45, 2.75) is 58.0 Å². The SMILES string of the molecule is Cc1nc2nc(N3C[C@@H](c4cnn(C5CC5)c4)O[C@@H](C)C3)nc(-c3ccc(C(F)(F)F)cc3F)c2nc1C. The maximum atomic E-state index is 15.1. The van der Waals surface area contributed by atoms with Crippen molar-refractivity contribution >= 4 is 17.1 Å². The lowest BCUT2D eigenvalue weighted by Crippen LogP contribution is -2.43. The molecule has 1 saturated carbocycles. The Labute approximate surface area is 215 Å². The molecule has 2 aliphatic rings. The van der Waals surface area contributed by atoms with E-state index in [9.17, 15) is 13.2 Å². The number of fused-ring (bicyclic) bond motifs is 1. The minimum absolute atomic E-state index is 0.0871. The molecule has 0 spiro atoms. The summed E-state index contributed by atoms with van der Waals surface area (Å²) in [4.78, 5) is 20.3. The Hall–Kier alpha value is -3.67. The van der Waals surface area contributed by atoms with E-state index in [2.05, 4.69) is 25.0 Å². The zero-order valence-electron chi connectivity index (χ0n) is 21.0. The Morgan fingerprint density at radius 2 is 1.76 bits per heavy atom. The van der Waals surface area contributed by atoms with E-state index < -0.39 is 17.6 Å². The van der Waals surface area contributed by atoms with Gasteiger partial charge in [0.2, 0.25) is 5.95 Å². The molecule has 38 heavy (non-hydrogen) atoms. The summed E-state index contributed by atoms with van der Waals surface area (Å²) >= 11 is 0. The molecule has 0 amide bonds. The van der Waals surface area contributed by atoms with Gasteiger partial charge < -0.3 is 9.64 Å². The molecule has 0 unspecified atom stereocenters. The fourth-order valence-electron chi connectivity index (χ4n) is 4.67. The van der Waals surface area contributed by atoms with Crippen LogP contribution in [0, 0.1) is 19.7 Å². The molecule has 4 heterocycles. The Morgan fingerprint density at radius 1 is 1.00 bits per heavy atom. The smallest absolute Gasteiger partial charge is 0.367 e. The number of aromatic nitrogens is 6. The van der Waals surface area contributed by atoms with Crippen LogP contribution in [0.1, 0.15) is 54.4 Å². The molecule has 4 aromatic rings.